The Labute approximate surface area is 112 Å². The van der Waals surface area contributed by atoms with Crippen molar-refractivity contribution < 1.29 is 14.6 Å². The van der Waals surface area contributed by atoms with Gasteiger partial charge in [0.1, 0.15) is 5.75 Å². The van der Waals surface area contributed by atoms with Crippen molar-refractivity contribution in [2.75, 3.05) is 7.11 Å². The summed E-state index contributed by atoms with van der Waals surface area (Å²) >= 11 is 0. The summed E-state index contributed by atoms with van der Waals surface area (Å²) in [5.41, 5.74) is 2.66. The van der Waals surface area contributed by atoms with Crippen LogP contribution in [0.5, 0.6) is 5.75 Å². The van der Waals surface area contributed by atoms with Gasteiger partial charge in [-0.05, 0) is 44.9 Å². The summed E-state index contributed by atoms with van der Waals surface area (Å²) in [5, 5.41) is 10.4. The fourth-order valence-electron chi connectivity index (χ4n) is 2.63. The summed E-state index contributed by atoms with van der Waals surface area (Å²) in [6.07, 6.45) is 0. The van der Waals surface area contributed by atoms with Gasteiger partial charge in [0.25, 0.3) is 0 Å². The average molecular weight is 261 g/mol. The molecule has 0 atom stereocenters. The van der Waals surface area contributed by atoms with E-state index in [0.717, 1.165) is 33.5 Å². The Hall–Kier alpha value is -1.97. The number of aliphatic carboxylic acids is 1. The summed E-state index contributed by atoms with van der Waals surface area (Å²) in [6.45, 7) is 7.34. The van der Waals surface area contributed by atoms with Crippen LogP contribution < -0.4 is 4.74 Å². The Morgan fingerprint density at radius 1 is 1.32 bits per heavy atom. The Morgan fingerprint density at radius 3 is 2.47 bits per heavy atom. The zero-order valence-corrected chi connectivity index (χ0v) is 11.9. The van der Waals surface area contributed by atoms with E-state index in [2.05, 4.69) is 4.98 Å². The number of fused-ring (bicyclic) bond motifs is 1. The number of hydrogen-bond donors (Lipinski definition) is 2. The highest BCUT2D eigenvalue weighted by atomic mass is 16.5. The van der Waals surface area contributed by atoms with Crippen LogP contribution in [0, 0.1) is 13.8 Å². The first-order valence-corrected chi connectivity index (χ1v) is 6.20. The van der Waals surface area contributed by atoms with Crippen LogP contribution in [0.15, 0.2) is 12.1 Å². The van der Waals surface area contributed by atoms with Gasteiger partial charge in [-0.3, -0.25) is 4.79 Å². The van der Waals surface area contributed by atoms with Gasteiger partial charge in [0.2, 0.25) is 0 Å². The number of benzene rings is 1. The van der Waals surface area contributed by atoms with Crippen molar-refractivity contribution >= 4 is 16.9 Å². The van der Waals surface area contributed by atoms with E-state index in [-0.39, 0.29) is 0 Å². The first-order chi connectivity index (χ1) is 8.80. The highest BCUT2D eigenvalue weighted by molar-refractivity contribution is 5.97. The van der Waals surface area contributed by atoms with Crippen molar-refractivity contribution in [3.05, 3.63) is 29.0 Å². The minimum Gasteiger partial charge on any atom is -0.495 e. The van der Waals surface area contributed by atoms with Gasteiger partial charge in [-0.15, -0.1) is 0 Å². The van der Waals surface area contributed by atoms with E-state index in [0.29, 0.717) is 0 Å². The molecule has 1 heterocycles. The number of carboxylic acid groups (broad SMARTS) is 1. The normalized spacial score (nSPS) is 11.8. The summed E-state index contributed by atoms with van der Waals surface area (Å²) < 4.78 is 5.35. The number of aromatic amines is 1. The number of aryl methyl sites for hydroxylation is 2. The van der Waals surface area contributed by atoms with Gasteiger partial charge < -0.3 is 14.8 Å². The molecule has 1 aromatic carbocycles. The summed E-state index contributed by atoms with van der Waals surface area (Å²) in [7, 11) is 1.61. The molecule has 2 rings (SSSR count). The van der Waals surface area contributed by atoms with E-state index < -0.39 is 11.4 Å². The summed E-state index contributed by atoms with van der Waals surface area (Å²) in [5.74, 6) is -0.102. The minimum atomic E-state index is -0.945. The third kappa shape index (κ3) is 1.87. The zero-order valence-electron chi connectivity index (χ0n) is 11.9. The molecule has 102 valence electrons. The van der Waals surface area contributed by atoms with E-state index >= 15 is 0 Å². The molecule has 4 nitrogen and oxygen atoms in total. The quantitative estimate of drug-likeness (QED) is 0.892. The van der Waals surface area contributed by atoms with E-state index in [1.54, 1.807) is 21.0 Å². The maximum absolute atomic E-state index is 11.5. The lowest BCUT2D eigenvalue weighted by molar-refractivity contribution is -0.142. The van der Waals surface area contributed by atoms with E-state index in [1.165, 1.54) is 0 Å². The van der Waals surface area contributed by atoms with Crippen molar-refractivity contribution in [1.29, 1.82) is 0 Å². The fourth-order valence-corrected chi connectivity index (χ4v) is 2.63. The number of rotatable bonds is 3. The van der Waals surface area contributed by atoms with Gasteiger partial charge in [-0.25, -0.2) is 0 Å². The van der Waals surface area contributed by atoms with E-state index in [1.807, 2.05) is 26.0 Å². The third-order valence-electron chi connectivity index (χ3n) is 3.69. The molecule has 0 saturated heterocycles. The van der Waals surface area contributed by atoms with Crippen molar-refractivity contribution in [3.63, 3.8) is 0 Å². The average Bonchev–Trinajstić information content (AvgIpc) is 2.68. The number of ether oxygens (including phenoxy) is 1. The van der Waals surface area contributed by atoms with Crippen LogP contribution in [0.2, 0.25) is 0 Å². The maximum atomic E-state index is 11.5. The molecule has 0 spiro atoms. The Kier molecular flexibility index (Phi) is 3.04. The van der Waals surface area contributed by atoms with Gasteiger partial charge in [-0.2, -0.15) is 0 Å². The molecule has 0 amide bonds. The Morgan fingerprint density at radius 2 is 1.95 bits per heavy atom. The van der Waals surface area contributed by atoms with Crippen LogP contribution in [0.4, 0.5) is 0 Å². The van der Waals surface area contributed by atoms with Crippen LogP contribution in [-0.2, 0) is 10.2 Å². The number of hydrogen-bond acceptors (Lipinski definition) is 2. The zero-order chi connectivity index (χ0) is 14.4. The molecule has 0 aliphatic heterocycles. The van der Waals surface area contributed by atoms with Gasteiger partial charge in [-0.1, -0.05) is 6.07 Å². The van der Waals surface area contributed by atoms with Crippen molar-refractivity contribution in [2.45, 2.75) is 33.1 Å². The molecule has 0 bridgehead atoms. The van der Waals surface area contributed by atoms with Crippen LogP contribution in [-0.4, -0.2) is 23.2 Å². The number of aromatic nitrogens is 1. The smallest absolute Gasteiger partial charge is 0.313 e. The SMILES string of the molecule is COc1ccc(C)c2c(C(C)(C)C(=O)O)c(C)[nH]c12. The second-order valence-electron chi connectivity index (χ2n) is 5.39. The summed E-state index contributed by atoms with van der Waals surface area (Å²) in [6, 6.07) is 3.85. The number of methoxy groups -OCH3 is 1. The summed E-state index contributed by atoms with van der Waals surface area (Å²) in [4.78, 5) is 14.8. The standard InChI is InChI=1S/C15H19NO3/c1-8-6-7-10(19-5)13-11(8)12(9(2)16-13)15(3,4)14(17)18/h6-7,16H,1-5H3,(H,17,18). The highest BCUT2D eigenvalue weighted by Crippen LogP contribution is 2.38. The molecule has 4 heteroatoms. The molecule has 0 saturated carbocycles. The van der Waals surface area contributed by atoms with Gasteiger partial charge in [0, 0.05) is 11.1 Å². The second-order valence-corrected chi connectivity index (χ2v) is 5.39. The molecule has 1 aromatic heterocycles. The molecule has 0 radical (unpaired) electrons. The van der Waals surface area contributed by atoms with E-state index in [4.69, 9.17) is 4.74 Å². The van der Waals surface area contributed by atoms with Crippen molar-refractivity contribution in [3.8, 4) is 5.75 Å². The van der Waals surface area contributed by atoms with Gasteiger partial charge >= 0.3 is 5.97 Å². The third-order valence-corrected chi connectivity index (χ3v) is 3.69. The number of H-pyrrole nitrogens is 1. The predicted molar refractivity (Wildman–Crippen MR) is 75.0 cm³/mol. The molecular weight excluding hydrogens is 242 g/mol. The largest absolute Gasteiger partial charge is 0.495 e. The molecule has 2 N–H and O–H groups in total. The Bertz CT molecular complexity index is 653. The first kappa shape index (κ1) is 13.5. The number of nitrogens with one attached hydrogen (secondary N) is 1. The van der Waals surface area contributed by atoms with Gasteiger partial charge in [0.05, 0.1) is 18.0 Å². The van der Waals surface area contributed by atoms with Crippen molar-refractivity contribution in [1.82, 2.24) is 4.98 Å². The lowest BCUT2D eigenvalue weighted by Crippen LogP contribution is -2.29. The lowest BCUT2D eigenvalue weighted by atomic mass is 9.82. The lowest BCUT2D eigenvalue weighted by Gasteiger charge is -2.20. The van der Waals surface area contributed by atoms with Crippen LogP contribution in [0.25, 0.3) is 10.9 Å². The molecule has 0 fully saturated rings. The number of carbonyl (C=O) groups is 1. The Balaban J connectivity index is 2.90. The molecule has 0 aliphatic carbocycles. The monoisotopic (exact) mass is 261 g/mol. The topological polar surface area (TPSA) is 62.3 Å². The molecule has 2 aromatic rings. The van der Waals surface area contributed by atoms with Crippen LogP contribution >= 0.6 is 0 Å². The van der Waals surface area contributed by atoms with E-state index in [9.17, 15) is 9.90 Å². The van der Waals surface area contributed by atoms with Crippen LogP contribution in [0.3, 0.4) is 0 Å². The highest BCUT2D eigenvalue weighted by Gasteiger charge is 2.34. The molecular formula is C15H19NO3. The minimum absolute atomic E-state index is 0.733. The molecule has 0 unspecified atom stereocenters. The van der Waals surface area contributed by atoms with Crippen molar-refractivity contribution in [2.24, 2.45) is 0 Å². The van der Waals surface area contributed by atoms with Gasteiger partial charge in [0.15, 0.2) is 0 Å². The van der Waals surface area contributed by atoms with Crippen LogP contribution in [0.1, 0.15) is 30.7 Å². The predicted octanol–water partition coefficient (Wildman–Crippen LogP) is 3.16. The maximum Gasteiger partial charge on any atom is 0.313 e. The number of carboxylic acids is 1. The second kappa shape index (κ2) is 4.30. The fraction of sp³-hybridized carbons (Fsp3) is 0.400. The first-order valence-electron chi connectivity index (χ1n) is 6.20. The molecule has 0 aliphatic rings. The molecule has 19 heavy (non-hydrogen) atoms.